The van der Waals surface area contributed by atoms with Gasteiger partial charge in [0.15, 0.2) is 0 Å². The van der Waals surface area contributed by atoms with Crippen LogP contribution in [0, 0.1) is 5.82 Å². The average Bonchev–Trinajstić information content (AvgIpc) is 3.52. The number of pyridine rings is 1. The van der Waals surface area contributed by atoms with Crippen LogP contribution in [0.3, 0.4) is 0 Å². The Balaban J connectivity index is 1.40. The Hall–Kier alpha value is -3.42. The van der Waals surface area contributed by atoms with E-state index in [0.29, 0.717) is 10.6 Å². The zero-order valence-corrected chi connectivity index (χ0v) is 19.6. The van der Waals surface area contributed by atoms with Crippen LogP contribution >= 0.6 is 11.3 Å². The molecule has 1 aliphatic rings. The predicted molar refractivity (Wildman–Crippen MR) is 132 cm³/mol. The first-order valence-corrected chi connectivity index (χ1v) is 12.0. The summed E-state index contributed by atoms with van der Waals surface area (Å²) in [7, 11) is 0. The van der Waals surface area contributed by atoms with Crippen molar-refractivity contribution in [2.75, 3.05) is 0 Å². The lowest BCUT2D eigenvalue weighted by molar-refractivity contribution is -0.137. The molecule has 0 aliphatic heterocycles. The second-order valence-corrected chi connectivity index (χ2v) is 9.71. The molecule has 1 aliphatic carbocycles. The van der Waals surface area contributed by atoms with Gasteiger partial charge in [0.25, 0.3) is 0 Å². The van der Waals surface area contributed by atoms with Crippen LogP contribution in [-0.4, -0.2) is 27.1 Å². The molecule has 0 bridgehead atoms. The van der Waals surface area contributed by atoms with Gasteiger partial charge >= 0.3 is 5.97 Å². The van der Waals surface area contributed by atoms with Crippen molar-refractivity contribution in [1.82, 2.24) is 15.3 Å². The molecule has 34 heavy (non-hydrogen) atoms. The third kappa shape index (κ3) is 4.24. The molecular weight excluding hydrogens is 449 g/mol. The van der Waals surface area contributed by atoms with Crippen molar-refractivity contribution in [3.05, 3.63) is 95.5 Å². The van der Waals surface area contributed by atoms with Gasteiger partial charge in [-0.3, -0.25) is 4.79 Å². The highest BCUT2D eigenvalue weighted by Crippen LogP contribution is 2.45. The topological polar surface area (TPSA) is 75.1 Å². The van der Waals surface area contributed by atoms with Crippen molar-refractivity contribution in [3.8, 4) is 10.6 Å². The van der Waals surface area contributed by atoms with Crippen molar-refractivity contribution in [2.45, 2.75) is 37.8 Å². The third-order valence-electron chi connectivity index (χ3n) is 6.17. The van der Waals surface area contributed by atoms with Gasteiger partial charge in [-0.15, -0.1) is 0 Å². The van der Waals surface area contributed by atoms with Crippen molar-refractivity contribution in [1.29, 1.82) is 0 Å². The van der Waals surface area contributed by atoms with Crippen LogP contribution in [0.2, 0.25) is 0 Å². The van der Waals surface area contributed by atoms with Gasteiger partial charge in [0.05, 0.1) is 17.5 Å². The lowest BCUT2D eigenvalue weighted by atomic mass is 9.89. The number of aliphatic carboxylic acids is 1. The summed E-state index contributed by atoms with van der Waals surface area (Å²) in [4.78, 5) is 21.2. The number of hydrogen-bond donors (Lipinski definition) is 2. The highest BCUT2D eigenvalue weighted by Gasteiger charge is 2.39. The van der Waals surface area contributed by atoms with E-state index in [2.05, 4.69) is 34.6 Å². The summed E-state index contributed by atoms with van der Waals surface area (Å²) in [6, 6.07) is 18.9. The quantitative estimate of drug-likeness (QED) is 0.313. The third-order valence-corrected chi connectivity index (χ3v) is 7.17. The first-order valence-electron chi connectivity index (χ1n) is 11.2. The maximum Gasteiger partial charge on any atom is 0.304 e. The summed E-state index contributed by atoms with van der Waals surface area (Å²) in [5, 5.41) is 12.7. The van der Waals surface area contributed by atoms with Crippen molar-refractivity contribution < 1.29 is 14.3 Å². The average molecular weight is 474 g/mol. The molecule has 0 fully saturated rings. The highest BCUT2D eigenvalue weighted by molar-refractivity contribution is 7.21. The Labute approximate surface area is 201 Å². The molecule has 2 aromatic heterocycles. The Morgan fingerprint density at radius 1 is 1.09 bits per heavy atom. The molecule has 0 saturated heterocycles. The second kappa shape index (κ2) is 8.74. The Kier molecular flexibility index (Phi) is 5.75. The standard InChI is InChI=1S/C27H24FN3O2S/c1-16(14-24(32)33)29-17(2)18-8-9-20(21(28)15-18)25-30-22-10-11-23(31-26(22)34-25)27(12-13-27)19-6-4-3-5-7-19/h3-13,15-17,29H,14H2,1-2H3,(H,32,33)/t16-,17-/m0/s1. The SMILES string of the molecule is C[C@H](N[C@@H](C)CC(=O)O)c1ccc(-c2nc3ccc(C4(c5ccccc5)C=C4)nc3s2)c(F)c1. The lowest BCUT2D eigenvalue weighted by Crippen LogP contribution is -2.31. The molecule has 2 atom stereocenters. The number of fused-ring (bicyclic) bond motifs is 1. The number of carboxylic acid groups (broad SMARTS) is 1. The molecule has 7 heteroatoms. The number of rotatable bonds is 8. The first kappa shape index (κ1) is 22.4. The molecule has 0 saturated carbocycles. The summed E-state index contributed by atoms with van der Waals surface area (Å²) in [6.07, 6.45) is 4.29. The van der Waals surface area contributed by atoms with E-state index >= 15 is 4.39 Å². The van der Waals surface area contributed by atoms with Crippen LogP contribution in [0.15, 0.2) is 72.8 Å². The van der Waals surface area contributed by atoms with Crippen molar-refractivity contribution >= 4 is 27.7 Å². The Morgan fingerprint density at radius 2 is 1.85 bits per heavy atom. The number of nitrogens with one attached hydrogen (secondary N) is 1. The van der Waals surface area contributed by atoms with Gasteiger partial charge in [-0.2, -0.15) is 0 Å². The van der Waals surface area contributed by atoms with Gasteiger partial charge in [-0.05, 0) is 49.2 Å². The number of carboxylic acids is 1. The van der Waals surface area contributed by atoms with Crippen LogP contribution in [0.5, 0.6) is 0 Å². The van der Waals surface area contributed by atoms with Gasteiger partial charge in [-0.1, -0.05) is 59.9 Å². The molecule has 5 nitrogen and oxygen atoms in total. The van der Waals surface area contributed by atoms with Gasteiger partial charge < -0.3 is 10.4 Å². The van der Waals surface area contributed by atoms with Crippen LogP contribution in [0.4, 0.5) is 4.39 Å². The zero-order chi connectivity index (χ0) is 23.9. The number of carbonyl (C=O) groups is 1. The molecule has 4 aromatic rings. The maximum atomic E-state index is 15.1. The maximum absolute atomic E-state index is 15.1. The second-order valence-electron chi connectivity index (χ2n) is 8.73. The molecule has 172 valence electrons. The van der Waals surface area contributed by atoms with Gasteiger partial charge in [0.1, 0.15) is 21.2 Å². The summed E-state index contributed by atoms with van der Waals surface area (Å²) in [5.74, 6) is -1.23. The molecule has 2 N–H and O–H groups in total. The monoisotopic (exact) mass is 473 g/mol. The van der Waals surface area contributed by atoms with Crippen LogP contribution in [-0.2, 0) is 10.2 Å². The van der Waals surface area contributed by atoms with Gasteiger partial charge in [0, 0.05) is 17.6 Å². The number of halogens is 1. The minimum atomic E-state index is -0.867. The largest absolute Gasteiger partial charge is 0.481 e. The predicted octanol–water partition coefficient (Wildman–Crippen LogP) is 5.87. The smallest absolute Gasteiger partial charge is 0.304 e. The van der Waals surface area contributed by atoms with Crippen LogP contribution in [0.25, 0.3) is 20.9 Å². The van der Waals surface area contributed by atoms with E-state index in [1.807, 2.05) is 43.3 Å². The van der Waals surface area contributed by atoms with E-state index in [1.54, 1.807) is 13.0 Å². The molecule has 0 unspecified atom stereocenters. The van der Waals surface area contributed by atoms with E-state index in [1.165, 1.54) is 23.0 Å². The molecule has 2 aromatic carbocycles. The fourth-order valence-corrected chi connectivity index (χ4v) is 5.25. The molecule has 2 heterocycles. The molecular formula is C27H24FN3O2S. The number of allylic oxidation sites excluding steroid dienone is 2. The minimum absolute atomic E-state index is 0.00662. The lowest BCUT2D eigenvalue weighted by Gasteiger charge is -2.19. The summed E-state index contributed by atoms with van der Waals surface area (Å²) < 4.78 is 15.1. The van der Waals surface area contributed by atoms with Crippen LogP contribution in [0.1, 0.15) is 43.1 Å². The fraction of sp³-hybridized carbons (Fsp3) is 0.222. The first-order chi connectivity index (χ1) is 16.4. The summed E-state index contributed by atoms with van der Waals surface area (Å²) in [6.45, 7) is 3.70. The zero-order valence-electron chi connectivity index (χ0n) is 18.8. The van der Waals surface area contributed by atoms with E-state index in [4.69, 9.17) is 10.1 Å². The highest BCUT2D eigenvalue weighted by atomic mass is 32.1. The molecule has 0 spiro atoms. The Bertz CT molecular complexity index is 1390. The van der Waals surface area contributed by atoms with E-state index in [-0.39, 0.29) is 29.7 Å². The Morgan fingerprint density at radius 3 is 2.53 bits per heavy atom. The van der Waals surface area contributed by atoms with E-state index in [9.17, 15) is 4.79 Å². The number of hydrogen-bond acceptors (Lipinski definition) is 5. The van der Waals surface area contributed by atoms with Crippen LogP contribution < -0.4 is 5.32 Å². The number of thiazole rings is 1. The molecule has 0 radical (unpaired) electrons. The molecule has 0 amide bonds. The molecule has 5 rings (SSSR count). The minimum Gasteiger partial charge on any atom is -0.481 e. The number of benzene rings is 2. The summed E-state index contributed by atoms with van der Waals surface area (Å²) >= 11 is 1.38. The summed E-state index contributed by atoms with van der Waals surface area (Å²) in [5.41, 5.74) is 3.77. The van der Waals surface area contributed by atoms with Crippen molar-refractivity contribution in [3.63, 3.8) is 0 Å². The van der Waals surface area contributed by atoms with Gasteiger partial charge in [0.2, 0.25) is 0 Å². The fourth-order valence-electron chi connectivity index (χ4n) is 4.29. The number of nitrogens with zero attached hydrogens (tertiary/aromatic N) is 2. The van der Waals surface area contributed by atoms with Gasteiger partial charge in [-0.25, -0.2) is 14.4 Å². The van der Waals surface area contributed by atoms with Crippen molar-refractivity contribution in [2.24, 2.45) is 0 Å². The number of aromatic nitrogens is 2. The van der Waals surface area contributed by atoms with E-state index < -0.39 is 5.97 Å². The van der Waals surface area contributed by atoms with E-state index in [0.717, 1.165) is 21.6 Å². The normalized spacial score (nSPS) is 15.9.